The van der Waals surface area contributed by atoms with Gasteiger partial charge in [0.25, 0.3) is 0 Å². The molecule has 1 unspecified atom stereocenters. The van der Waals surface area contributed by atoms with E-state index in [4.69, 9.17) is 0 Å². The van der Waals surface area contributed by atoms with Gasteiger partial charge in [0.1, 0.15) is 0 Å². The molecule has 0 heterocycles. The quantitative estimate of drug-likeness (QED) is 0.137. The predicted octanol–water partition coefficient (Wildman–Crippen LogP) is 8.76. The van der Waals surface area contributed by atoms with Crippen LogP contribution in [0.4, 0.5) is 0 Å². The van der Waals surface area contributed by atoms with Gasteiger partial charge in [-0.2, -0.15) is 0 Å². The molecule has 0 fully saturated rings. The normalized spacial score (nSPS) is 14.0. The topological polar surface area (TPSA) is 0 Å². The molecule has 1 atom stereocenters. The van der Waals surface area contributed by atoms with Crippen molar-refractivity contribution in [2.45, 2.75) is 161 Å². The summed E-state index contributed by atoms with van der Waals surface area (Å²) in [5.74, 6) is 0. The highest BCUT2D eigenvalue weighted by molar-refractivity contribution is 6.15. The van der Waals surface area contributed by atoms with Crippen LogP contribution in [0, 0.1) is 0 Å². The van der Waals surface area contributed by atoms with Crippen molar-refractivity contribution < 1.29 is 0 Å². The molecule has 0 nitrogen and oxygen atoms in total. The van der Waals surface area contributed by atoms with E-state index in [1.165, 1.54) is 132 Å². The minimum atomic E-state index is 0.778. The molecule has 0 amide bonds. The Bertz CT molecular complexity index is 263. The first kappa shape index (κ1) is 26.2. The summed E-state index contributed by atoms with van der Waals surface area (Å²) in [7, 11) is 1.42. The van der Waals surface area contributed by atoms with Gasteiger partial charge < -0.3 is 0 Å². The van der Waals surface area contributed by atoms with Crippen molar-refractivity contribution >= 4 is 10.2 Å². The Balaban J connectivity index is 3.77. The van der Waals surface area contributed by atoms with E-state index in [1.54, 1.807) is 12.8 Å². The fourth-order valence-electron chi connectivity index (χ4n) is 4.35. The van der Waals surface area contributed by atoms with Crippen LogP contribution in [0.5, 0.6) is 0 Å². The lowest BCUT2D eigenvalue weighted by Gasteiger charge is -2.30. The Morgan fingerprint density at radius 2 is 0.654 bits per heavy atom. The van der Waals surface area contributed by atoms with Gasteiger partial charge >= 0.3 is 0 Å². The van der Waals surface area contributed by atoms with Crippen LogP contribution in [0.3, 0.4) is 0 Å². The Morgan fingerprint density at radius 3 is 1.00 bits per heavy atom. The van der Waals surface area contributed by atoms with Crippen molar-refractivity contribution in [2.24, 2.45) is 0 Å². The second-order valence-electron chi connectivity index (χ2n) is 9.36. The first-order chi connectivity index (χ1) is 12.7. The number of unbranched alkanes of at least 4 members (excludes halogenated alkanes) is 15. The third kappa shape index (κ3) is 17.6. The summed E-state index contributed by atoms with van der Waals surface area (Å²) < 4.78 is 0. The van der Waals surface area contributed by atoms with Crippen molar-refractivity contribution in [1.82, 2.24) is 0 Å². The molecule has 1 heteroatoms. The average Bonchev–Trinajstić information content (AvgIpc) is 2.64. The van der Waals surface area contributed by atoms with E-state index < -0.39 is 0 Å². The molecule has 0 spiro atoms. The summed E-state index contributed by atoms with van der Waals surface area (Å²) in [6.45, 7) is 7.00. The van der Waals surface area contributed by atoms with Gasteiger partial charge in [-0.3, -0.25) is 0 Å². The van der Waals surface area contributed by atoms with Crippen LogP contribution in [-0.4, -0.2) is 10.2 Å². The minimum Gasteiger partial charge on any atom is -0.0654 e. The van der Waals surface area contributed by atoms with Gasteiger partial charge in [0.05, 0.1) is 0 Å². The Labute approximate surface area is 171 Å². The highest BCUT2D eigenvalue weighted by atomic mass is 28.1. The summed E-state index contributed by atoms with van der Waals surface area (Å²) in [6.07, 6.45) is 31.0. The summed E-state index contributed by atoms with van der Waals surface area (Å²) >= 11 is 0. The molecule has 26 heavy (non-hydrogen) atoms. The third-order valence-electron chi connectivity index (χ3n) is 6.40. The van der Waals surface area contributed by atoms with E-state index >= 15 is 0 Å². The second-order valence-corrected chi connectivity index (χ2v) is 11.5. The number of hydrogen-bond donors (Lipinski definition) is 0. The summed E-state index contributed by atoms with van der Waals surface area (Å²) in [6, 6.07) is 0. The molecule has 0 saturated heterocycles. The molecular weight excluding hydrogens is 328 g/mol. The zero-order valence-electron chi connectivity index (χ0n) is 19.3. The van der Waals surface area contributed by atoms with Gasteiger partial charge in [0, 0.05) is 10.2 Å². The monoisotopic (exact) mass is 382 g/mol. The van der Waals surface area contributed by atoms with Crippen molar-refractivity contribution in [3.05, 3.63) is 0 Å². The van der Waals surface area contributed by atoms with Crippen molar-refractivity contribution in [2.75, 3.05) is 0 Å². The molecule has 0 rings (SSSR count). The van der Waals surface area contributed by atoms with E-state index in [0.29, 0.717) is 0 Å². The van der Waals surface area contributed by atoms with E-state index in [-0.39, 0.29) is 0 Å². The van der Waals surface area contributed by atoms with Gasteiger partial charge in [0.2, 0.25) is 0 Å². The molecule has 0 radical (unpaired) electrons. The average molecular weight is 383 g/mol. The van der Waals surface area contributed by atoms with Crippen LogP contribution < -0.4 is 0 Å². The van der Waals surface area contributed by atoms with Gasteiger partial charge in [-0.1, -0.05) is 156 Å². The molecule has 0 bridgehead atoms. The zero-order valence-corrected chi connectivity index (χ0v) is 21.3. The van der Waals surface area contributed by atoms with Crippen LogP contribution in [0.25, 0.3) is 0 Å². The van der Waals surface area contributed by atoms with Crippen molar-refractivity contribution in [3.8, 4) is 0 Å². The van der Waals surface area contributed by atoms with Crippen molar-refractivity contribution in [1.29, 1.82) is 0 Å². The summed E-state index contributed by atoms with van der Waals surface area (Å²) in [4.78, 5) is 0. The molecule has 0 aliphatic carbocycles. The fraction of sp³-hybridized carbons (Fsp3) is 1.00. The van der Waals surface area contributed by atoms with Crippen LogP contribution >= 0.6 is 0 Å². The van der Waals surface area contributed by atoms with Gasteiger partial charge in [-0.25, -0.2) is 0 Å². The molecule has 0 aliphatic rings. The molecule has 158 valence electrons. The van der Waals surface area contributed by atoms with Crippen LogP contribution in [-0.2, 0) is 0 Å². The van der Waals surface area contributed by atoms with Crippen LogP contribution in [0.2, 0.25) is 5.04 Å². The molecular formula is C25H54Si. The maximum absolute atomic E-state index is 2.37. The van der Waals surface area contributed by atoms with Crippen molar-refractivity contribution in [3.63, 3.8) is 0 Å². The van der Waals surface area contributed by atoms with Crippen LogP contribution in [0.1, 0.15) is 156 Å². The molecule has 0 aromatic carbocycles. The second kappa shape index (κ2) is 20.0. The summed E-state index contributed by atoms with van der Waals surface area (Å²) in [5, 5.41) is 0.778. The molecule has 0 aromatic rings. The first-order valence-corrected chi connectivity index (χ1v) is 13.7. The minimum absolute atomic E-state index is 0.778. The lowest BCUT2D eigenvalue weighted by molar-refractivity contribution is 0.390. The van der Waals surface area contributed by atoms with E-state index in [1.807, 2.05) is 0 Å². The van der Waals surface area contributed by atoms with E-state index in [2.05, 4.69) is 20.8 Å². The molecule has 0 aliphatic heterocycles. The zero-order chi connectivity index (χ0) is 19.3. The third-order valence-corrected chi connectivity index (χ3v) is 7.90. The SMILES string of the molecule is CCCCCCCCCCCC([SiH3])(CCCC)CCCCCCCCC. The lowest BCUT2D eigenvalue weighted by atomic mass is 9.88. The Morgan fingerprint density at radius 1 is 0.385 bits per heavy atom. The highest BCUT2D eigenvalue weighted by Crippen LogP contribution is 2.40. The fourth-order valence-corrected chi connectivity index (χ4v) is 5.41. The van der Waals surface area contributed by atoms with Crippen LogP contribution in [0.15, 0.2) is 0 Å². The largest absolute Gasteiger partial charge is 0.0654 e. The smallest absolute Gasteiger partial charge is 0.0106 e. The lowest BCUT2D eigenvalue weighted by Crippen LogP contribution is -2.13. The maximum atomic E-state index is 2.37. The molecule has 0 N–H and O–H groups in total. The Kier molecular flexibility index (Phi) is 20.1. The summed E-state index contributed by atoms with van der Waals surface area (Å²) in [5.41, 5.74) is 0. The van der Waals surface area contributed by atoms with E-state index in [0.717, 1.165) is 5.04 Å². The van der Waals surface area contributed by atoms with Gasteiger partial charge in [0.15, 0.2) is 0 Å². The maximum Gasteiger partial charge on any atom is 0.0106 e. The first-order valence-electron chi connectivity index (χ1n) is 12.7. The number of hydrogen-bond acceptors (Lipinski definition) is 0. The highest BCUT2D eigenvalue weighted by Gasteiger charge is 2.22. The molecule has 0 saturated carbocycles. The van der Waals surface area contributed by atoms with Gasteiger partial charge in [-0.15, -0.1) is 0 Å². The Hall–Kier alpha value is 0.217. The van der Waals surface area contributed by atoms with Gasteiger partial charge in [-0.05, 0) is 5.04 Å². The molecule has 0 aromatic heterocycles. The number of rotatable bonds is 21. The van der Waals surface area contributed by atoms with E-state index in [9.17, 15) is 0 Å². The standard InChI is InChI=1S/C25H54Si/c1-4-7-10-12-14-15-17-19-21-24-25(26,22-9-6-3)23-20-18-16-13-11-8-5-2/h4-24H2,1-3,26H3. The predicted molar refractivity (Wildman–Crippen MR) is 127 cm³/mol.